The zero-order valence-corrected chi connectivity index (χ0v) is 14.4. The molecule has 3 aromatic rings. The van der Waals surface area contributed by atoms with Crippen LogP contribution in [0.2, 0.25) is 0 Å². The molecular weight excluding hydrogens is 314 g/mol. The second-order valence-corrected chi connectivity index (χ2v) is 6.19. The number of Topliss-reactive ketones (excluding diaryl/α,β-unsaturated/α-hetero) is 1. The number of nitrogens with one attached hydrogen (secondary N) is 1. The van der Waals surface area contributed by atoms with Crippen LogP contribution in [0.3, 0.4) is 0 Å². The number of para-hydroxylation sites is 2. The summed E-state index contributed by atoms with van der Waals surface area (Å²) in [5.74, 6) is 1.59. The number of allylic oxidation sites excluding steroid dienone is 2. The first kappa shape index (κ1) is 15.4. The lowest BCUT2D eigenvalue weighted by molar-refractivity contribution is -0.114. The van der Waals surface area contributed by atoms with Crippen molar-refractivity contribution in [1.29, 1.82) is 0 Å². The lowest BCUT2D eigenvalue weighted by Gasteiger charge is -2.30. The number of imidazole rings is 1. The largest absolute Gasteiger partial charge is 0.497 e. The first-order valence-electron chi connectivity index (χ1n) is 8.20. The molecular formula is C20H19N3O2. The second kappa shape index (κ2) is 5.77. The highest BCUT2D eigenvalue weighted by Gasteiger charge is 2.32. The topological polar surface area (TPSA) is 56.1 Å². The number of benzene rings is 2. The predicted molar refractivity (Wildman–Crippen MR) is 97.9 cm³/mol. The number of fused-ring (bicyclic) bond motifs is 3. The summed E-state index contributed by atoms with van der Waals surface area (Å²) < 4.78 is 7.36. The summed E-state index contributed by atoms with van der Waals surface area (Å²) in [5.41, 5.74) is 4.52. The van der Waals surface area contributed by atoms with Gasteiger partial charge in [-0.2, -0.15) is 0 Å². The fourth-order valence-electron chi connectivity index (χ4n) is 3.52. The monoisotopic (exact) mass is 333 g/mol. The van der Waals surface area contributed by atoms with Gasteiger partial charge < -0.3 is 10.1 Å². The van der Waals surface area contributed by atoms with Crippen molar-refractivity contribution in [2.45, 2.75) is 19.9 Å². The van der Waals surface area contributed by atoms with E-state index in [1.807, 2.05) is 55.5 Å². The third kappa shape index (κ3) is 2.39. The van der Waals surface area contributed by atoms with Gasteiger partial charge in [-0.05, 0) is 43.7 Å². The number of rotatable bonds is 3. The van der Waals surface area contributed by atoms with Crippen LogP contribution in [-0.4, -0.2) is 22.4 Å². The number of aromatic nitrogens is 2. The van der Waals surface area contributed by atoms with E-state index in [0.717, 1.165) is 39.6 Å². The van der Waals surface area contributed by atoms with Crippen LogP contribution in [0.1, 0.15) is 25.5 Å². The lowest BCUT2D eigenvalue weighted by atomic mass is 9.92. The molecule has 0 amide bonds. The number of methoxy groups -OCH3 is 1. The van der Waals surface area contributed by atoms with Crippen LogP contribution < -0.4 is 10.1 Å². The van der Waals surface area contributed by atoms with E-state index in [-0.39, 0.29) is 11.8 Å². The molecule has 1 atom stereocenters. The molecule has 0 radical (unpaired) electrons. The van der Waals surface area contributed by atoms with Crippen molar-refractivity contribution in [3.05, 3.63) is 65.4 Å². The Morgan fingerprint density at radius 3 is 2.56 bits per heavy atom. The van der Waals surface area contributed by atoms with E-state index in [4.69, 9.17) is 4.74 Å². The summed E-state index contributed by atoms with van der Waals surface area (Å²) in [6, 6.07) is 15.6. The van der Waals surface area contributed by atoms with Gasteiger partial charge in [-0.25, -0.2) is 4.98 Å². The molecule has 0 aliphatic carbocycles. The van der Waals surface area contributed by atoms with Gasteiger partial charge >= 0.3 is 0 Å². The Balaban J connectivity index is 1.98. The summed E-state index contributed by atoms with van der Waals surface area (Å²) in [5, 5.41) is 3.29. The minimum Gasteiger partial charge on any atom is -0.497 e. The molecule has 1 N–H and O–H groups in total. The van der Waals surface area contributed by atoms with Crippen LogP contribution >= 0.6 is 0 Å². The third-order valence-corrected chi connectivity index (χ3v) is 4.64. The predicted octanol–water partition coefficient (Wildman–Crippen LogP) is 3.92. The van der Waals surface area contributed by atoms with Gasteiger partial charge in [0.2, 0.25) is 5.95 Å². The summed E-state index contributed by atoms with van der Waals surface area (Å²) in [6.45, 7) is 3.54. The van der Waals surface area contributed by atoms with Gasteiger partial charge in [0.15, 0.2) is 5.78 Å². The maximum atomic E-state index is 12.4. The SMILES string of the molecule is COc1ccc([C@H]2C(C(C)=O)=C(C)Nc3nc4ccccc4n32)cc1. The Hall–Kier alpha value is -3.08. The number of ether oxygens (including phenoxy) is 1. The molecule has 2 heterocycles. The van der Waals surface area contributed by atoms with E-state index in [9.17, 15) is 4.79 Å². The summed E-state index contributed by atoms with van der Waals surface area (Å²) in [6.07, 6.45) is 0. The Morgan fingerprint density at radius 2 is 1.88 bits per heavy atom. The minimum absolute atomic E-state index is 0.0502. The second-order valence-electron chi connectivity index (χ2n) is 6.19. The highest BCUT2D eigenvalue weighted by Crippen LogP contribution is 2.39. The van der Waals surface area contributed by atoms with Gasteiger partial charge in [0, 0.05) is 11.3 Å². The Labute approximate surface area is 145 Å². The number of carbonyl (C=O) groups is 1. The van der Waals surface area contributed by atoms with Gasteiger partial charge in [0.25, 0.3) is 0 Å². The molecule has 1 aliphatic heterocycles. The molecule has 0 spiro atoms. The number of hydrogen-bond acceptors (Lipinski definition) is 4. The van der Waals surface area contributed by atoms with E-state index in [1.165, 1.54) is 0 Å². The molecule has 0 saturated heterocycles. The average molecular weight is 333 g/mol. The lowest BCUT2D eigenvalue weighted by Crippen LogP contribution is -2.26. The van der Waals surface area contributed by atoms with Crippen molar-refractivity contribution in [1.82, 2.24) is 9.55 Å². The highest BCUT2D eigenvalue weighted by molar-refractivity contribution is 5.97. The Morgan fingerprint density at radius 1 is 1.16 bits per heavy atom. The standard InChI is InChI=1S/C20H19N3O2/c1-12-18(13(2)24)19(14-8-10-15(25-3)11-9-14)23-17-7-5-4-6-16(17)22-20(23)21-12/h4-11,19H,1-3H3,(H,21,22)/t19-/m0/s1. The van der Waals surface area contributed by atoms with Crippen LogP contribution in [0.15, 0.2) is 59.8 Å². The van der Waals surface area contributed by atoms with E-state index in [2.05, 4.69) is 14.9 Å². The zero-order chi connectivity index (χ0) is 17.6. The van der Waals surface area contributed by atoms with Crippen LogP contribution in [-0.2, 0) is 4.79 Å². The number of carbonyl (C=O) groups excluding carboxylic acids is 1. The maximum Gasteiger partial charge on any atom is 0.209 e. The number of nitrogens with zero attached hydrogens (tertiary/aromatic N) is 2. The van der Waals surface area contributed by atoms with E-state index in [1.54, 1.807) is 14.0 Å². The van der Waals surface area contributed by atoms with Crippen LogP contribution in [0.5, 0.6) is 5.75 Å². The Kier molecular flexibility index (Phi) is 3.57. The van der Waals surface area contributed by atoms with Crippen LogP contribution in [0, 0.1) is 0 Å². The van der Waals surface area contributed by atoms with E-state index in [0.29, 0.717) is 0 Å². The van der Waals surface area contributed by atoms with Crippen molar-refractivity contribution >= 4 is 22.8 Å². The summed E-state index contributed by atoms with van der Waals surface area (Å²) >= 11 is 0. The van der Waals surface area contributed by atoms with Gasteiger partial charge in [-0.3, -0.25) is 9.36 Å². The molecule has 1 aromatic heterocycles. The molecule has 4 rings (SSSR count). The van der Waals surface area contributed by atoms with Crippen molar-refractivity contribution in [2.75, 3.05) is 12.4 Å². The van der Waals surface area contributed by atoms with E-state index < -0.39 is 0 Å². The summed E-state index contributed by atoms with van der Waals surface area (Å²) in [4.78, 5) is 17.1. The smallest absolute Gasteiger partial charge is 0.209 e. The van der Waals surface area contributed by atoms with Gasteiger partial charge in [-0.1, -0.05) is 24.3 Å². The molecule has 5 nitrogen and oxygen atoms in total. The molecule has 0 saturated carbocycles. The van der Waals surface area contributed by atoms with Gasteiger partial charge in [0.1, 0.15) is 5.75 Å². The molecule has 0 bridgehead atoms. The fraction of sp³-hybridized carbons (Fsp3) is 0.200. The molecule has 5 heteroatoms. The number of anilines is 1. The third-order valence-electron chi connectivity index (χ3n) is 4.64. The fourth-order valence-corrected chi connectivity index (χ4v) is 3.52. The highest BCUT2D eigenvalue weighted by atomic mass is 16.5. The van der Waals surface area contributed by atoms with Crippen molar-refractivity contribution < 1.29 is 9.53 Å². The van der Waals surface area contributed by atoms with E-state index >= 15 is 0 Å². The minimum atomic E-state index is -0.216. The molecule has 0 fully saturated rings. The first-order valence-corrected chi connectivity index (χ1v) is 8.20. The van der Waals surface area contributed by atoms with Gasteiger partial charge in [0.05, 0.1) is 24.2 Å². The molecule has 1 aliphatic rings. The number of ketones is 1. The first-order chi connectivity index (χ1) is 12.1. The number of hydrogen-bond donors (Lipinski definition) is 1. The van der Waals surface area contributed by atoms with Crippen molar-refractivity contribution in [3.63, 3.8) is 0 Å². The average Bonchev–Trinajstić information content (AvgIpc) is 2.98. The Bertz CT molecular complexity index is 999. The van der Waals surface area contributed by atoms with Crippen molar-refractivity contribution in [3.8, 4) is 5.75 Å². The molecule has 25 heavy (non-hydrogen) atoms. The normalized spacial score (nSPS) is 16.5. The van der Waals surface area contributed by atoms with Gasteiger partial charge in [-0.15, -0.1) is 0 Å². The molecule has 126 valence electrons. The zero-order valence-electron chi connectivity index (χ0n) is 14.4. The van der Waals surface area contributed by atoms with Crippen LogP contribution in [0.25, 0.3) is 11.0 Å². The summed E-state index contributed by atoms with van der Waals surface area (Å²) in [7, 11) is 1.64. The molecule has 0 unspecified atom stereocenters. The van der Waals surface area contributed by atoms with Crippen LogP contribution in [0.4, 0.5) is 5.95 Å². The quantitative estimate of drug-likeness (QED) is 0.789. The van der Waals surface area contributed by atoms with Crippen molar-refractivity contribution in [2.24, 2.45) is 0 Å². The molecule has 2 aromatic carbocycles. The maximum absolute atomic E-state index is 12.4.